The van der Waals surface area contributed by atoms with E-state index in [1.807, 2.05) is 18.2 Å². The van der Waals surface area contributed by atoms with Gasteiger partial charge in [-0.1, -0.05) is 73.7 Å². The van der Waals surface area contributed by atoms with Gasteiger partial charge >= 0.3 is 0 Å². The van der Waals surface area contributed by atoms with E-state index in [4.69, 9.17) is 0 Å². The zero-order chi connectivity index (χ0) is 18.8. The molecule has 2 N–H and O–H groups in total. The third kappa shape index (κ3) is 3.52. The number of aliphatic hydroxyl groups is 2. The molecular weight excluding hydrogens is 334 g/mol. The summed E-state index contributed by atoms with van der Waals surface area (Å²) in [6.07, 6.45) is -0.527. The van der Waals surface area contributed by atoms with Crippen LogP contribution in [0.2, 0.25) is 0 Å². The molecule has 0 unspecified atom stereocenters. The molecule has 0 aliphatic heterocycles. The summed E-state index contributed by atoms with van der Waals surface area (Å²) < 4.78 is 2.26. The first-order valence-electron chi connectivity index (χ1n) is 9.28. The molecule has 0 saturated carbocycles. The van der Waals surface area contributed by atoms with E-state index in [2.05, 4.69) is 66.1 Å². The molecule has 0 aliphatic carbocycles. The molecule has 0 saturated heterocycles. The molecule has 4 aromatic rings. The molecule has 3 nitrogen and oxygen atoms in total. The van der Waals surface area contributed by atoms with Crippen LogP contribution in [0.5, 0.6) is 0 Å². The predicted octanol–water partition coefficient (Wildman–Crippen LogP) is 4.90. The highest BCUT2D eigenvalue weighted by Gasteiger charge is 2.11. The first kappa shape index (κ1) is 17.5. The Morgan fingerprint density at radius 3 is 2.19 bits per heavy atom. The van der Waals surface area contributed by atoms with Crippen LogP contribution in [0.3, 0.4) is 0 Å². The van der Waals surface area contributed by atoms with Gasteiger partial charge in [0.1, 0.15) is 0 Å². The topological polar surface area (TPSA) is 45.4 Å². The highest BCUT2D eigenvalue weighted by atomic mass is 16.5. The van der Waals surface area contributed by atoms with Gasteiger partial charge in [-0.2, -0.15) is 0 Å². The highest BCUT2D eigenvalue weighted by Crippen LogP contribution is 2.26. The summed E-state index contributed by atoms with van der Waals surface area (Å²) in [5.74, 6) is 0. The van der Waals surface area contributed by atoms with Crippen molar-refractivity contribution < 1.29 is 10.2 Å². The van der Waals surface area contributed by atoms with E-state index >= 15 is 0 Å². The molecule has 0 amide bonds. The summed E-state index contributed by atoms with van der Waals surface area (Å²) in [7, 11) is 0. The van der Waals surface area contributed by atoms with Gasteiger partial charge in [0.15, 0.2) is 6.29 Å². The molecule has 0 bridgehead atoms. The number of aliphatic hydroxyl groups excluding tert-OH is 1. The maximum absolute atomic E-state index is 9.51. The van der Waals surface area contributed by atoms with E-state index in [1.54, 1.807) is 6.07 Å². The van der Waals surface area contributed by atoms with Gasteiger partial charge in [0.2, 0.25) is 0 Å². The van der Waals surface area contributed by atoms with Gasteiger partial charge in [-0.05, 0) is 40.6 Å². The summed E-state index contributed by atoms with van der Waals surface area (Å²) in [6, 6.07) is 26.8. The van der Waals surface area contributed by atoms with Crippen LogP contribution in [0.15, 0.2) is 78.9 Å². The molecule has 27 heavy (non-hydrogen) atoms. The number of fused-ring (bicyclic) bond motifs is 1. The van der Waals surface area contributed by atoms with Crippen LogP contribution in [0.4, 0.5) is 0 Å². The second-order valence-electron chi connectivity index (χ2n) is 6.83. The third-order valence-corrected chi connectivity index (χ3v) is 5.08. The second-order valence-corrected chi connectivity index (χ2v) is 6.83. The van der Waals surface area contributed by atoms with Crippen LogP contribution in [0.25, 0.3) is 22.0 Å². The number of aromatic nitrogens is 1. The van der Waals surface area contributed by atoms with Gasteiger partial charge in [0.25, 0.3) is 0 Å². The van der Waals surface area contributed by atoms with E-state index < -0.39 is 6.29 Å². The van der Waals surface area contributed by atoms with E-state index in [0.29, 0.717) is 5.56 Å². The van der Waals surface area contributed by atoms with Crippen molar-refractivity contribution in [2.45, 2.75) is 26.2 Å². The lowest BCUT2D eigenvalue weighted by atomic mass is 10.0. The summed E-state index contributed by atoms with van der Waals surface area (Å²) >= 11 is 0. The van der Waals surface area contributed by atoms with Crippen molar-refractivity contribution >= 4 is 10.9 Å². The number of aryl methyl sites for hydroxylation is 1. The molecule has 0 fully saturated rings. The molecule has 136 valence electrons. The Morgan fingerprint density at radius 1 is 0.815 bits per heavy atom. The maximum atomic E-state index is 9.51. The van der Waals surface area contributed by atoms with Crippen LogP contribution < -0.4 is 0 Å². The molecule has 1 aromatic heterocycles. The van der Waals surface area contributed by atoms with Crippen molar-refractivity contribution in [2.75, 3.05) is 0 Å². The summed E-state index contributed by atoms with van der Waals surface area (Å²) in [5.41, 5.74) is 6.43. The Morgan fingerprint density at radius 2 is 1.52 bits per heavy atom. The van der Waals surface area contributed by atoms with Crippen molar-refractivity contribution in [3.8, 4) is 11.1 Å². The average Bonchev–Trinajstić information content (AvgIpc) is 3.06. The number of hydrogen-bond donors (Lipinski definition) is 2. The van der Waals surface area contributed by atoms with Crippen LogP contribution in [0, 0.1) is 0 Å². The smallest absolute Gasteiger partial charge is 0.178 e. The van der Waals surface area contributed by atoms with Crippen LogP contribution >= 0.6 is 0 Å². The normalized spacial score (nSPS) is 11.4. The zero-order valence-electron chi connectivity index (χ0n) is 15.3. The Kier molecular flexibility index (Phi) is 4.80. The Hall–Kier alpha value is -2.88. The van der Waals surface area contributed by atoms with Crippen molar-refractivity contribution in [2.24, 2.45) is 0 Å². The zero-order valence-corrected chi connectivity index (χ0v) is 15.3. The minimum atomic E-state index is -1.45. The highest BCUT2D eigenvalue weighted by molar-refractivity contribution is 5.82. The van der Waals surface area contributed by atoms with Crippen molar-refractivity contribution in [3.05, 3.63) is 95.7 Å². The van der Waals surface area contributed by atoms with E-state index in [9.17, 15) is 10.2 Å². The quantitative estimate of drug-likeness (QED) is 0.499. The van der Waals surface area contributed by atoms with Gasteiger partial charge in [-0.15, -0.1) is 0 Å². The first-order valence-corrected chi connectivity index (χ1v) is 9.28. The van der Waals surface area contributed by atoms with Crippen molar-refractivity contribution in [3.63, 3.8) is 0 Å². The number of nitrogens with zero attached hydrogens (tertiary/aromatic N) is 1. The summed E-state index contributed by atoms with van der Waals surface area (Å²) in [5, 5.41) is 20.1. The third-order valence-electron chi connectivity index (χ3n) is 5.08. The Labute approximate surface area is 159 Å². The standard InChI is InChI=1S/C24H23NO2/c1-2-22-14-20-12-13-21(24(26)27)15-23(20)25(22)16-17-8-10-19(11-9-17)18-6-4-3-5-7-18/h3-15,24,26-27H,2,16H2,1H3. The molecule has 0 atom stereocenters. The molecule has 1 heterocycles. The molecule has 3 heteroatoms. The largest absolute Gasteiger partial charge is 0.364 e. The molecule has 0 radical (unpaired) electrons. The lowest BCUT2D eigenvalue weighted by molar-refractivity contribution is -0.0424. The summed E-state index contributed by atoms with van der Waals surface area (Å²) in [4.78, 5) is 0. The fourth-order valence-corrected chi connectivity index (χ4v) is 3.58. The van der Waals surface area contributed by atoms with Gasteiger partial charge in [-0.25, -0.2) is 0 Å². The van der Waals surface area contributed by atoms with Crippen molar-refractivity contribution in [1.29, 1.82) is 0 Å². The fourth-order valence-electron chi connectivity index (χ4n) is 3.58. The van der Waals surface area contributed by atoms with Crippen LogP contribution in [0.1, 0.15) is 30.0 Å². The SMILES string of the molecule is CCc1cc2ccc(C(O)O)cc2n1Cc1ccc(-c2ccccc2)cc1. The van der Waals surface area contributed by atoms with Crippen LogP contribution in [-0.2, 0) is 13.0 Å². The fraction of sp³-hybridized carbons (Fsp3) is 0.167. The monoisotopic (exact) mass is 357 g/mol. The molecule has 0 spiro atoms. The molecular formula is C24H23NO2. The number of benzene rings is 3. The Bertz CT molecular complexity index is 1050. The lowest BCUT2D eigenvalue weighted by Crippen LogP contribution is -2.04. The number of rotatable bonds is 5. The number of hydrogen-bond acceptors (Lipinski definition) is 2. The van der Waals surface area contributed by atoms with E-state index in [1.165, 1.54) is 22.4 Å². The first-order chi connectivity index (χ1) is 13.2. The minimum Gasteiger partial charge on any atom is -0.364 e. The van der Waals surface area contributed by atoms with Gasteiger partial charge < -0.3 is 14.8 Å². The molecule has 4 rings (SSSR count). The molecule has 0 aliphatic rings. The second kappa shape index (κ2) is 7.39. The minimum absolute atomic E-state index is 0.518. The lowest BCUT2D eigenvalue weighted by Gasteiger charge is -2.12. The van der Waals surface area contributed by atoms with Gasteiger partial charge in [0, 0.05) is 23.3 Å². The van der Waals surface area contributed by atoms with E-state index in [0.717, 1.165) is 23.9 Å². The van der Waals surface area contributed by atoms with Gasteiger partial charge in [0.05, 0.1) is 0 Å². The molecule has 3 aromatic carbocycles. The predicted molar refractivity (Wildman–Crippen MR) is 109 cm³/mol. The van der Waals surface area contributed by atoms with E-state index in [-0.39, 0.29) is 0 Å². The maximum Gasteiger partial charge on any atom is 0.178 e. The van der Waals surface area contributed by atoms with Crippen LogP contribution in [-0.4, -0.2) is 14.8 Å². The summed E-state index contributed by atoms with van der Waals surface area (Å²) in [6.45, 7) is 2.90. The average molecular weight is 357 g/mol. The van der Waals surface area contributed by atoms with Crippen molar-refractivity contribution in [1.82, 2.24) is 4.57 Å². The Balaban J connectivity index is 1.69. The van der Waals surface area contributed by atoms with Gasteiger partial charge in [-0.3, -0.25) is 0 Å².